The molecule has 1 aliphatic carbocycles. The van der Waals surface area contributed by atoms with Crippen LogP contribution in [0, 0.1) is 5.92 Å². The summed E-state index contributed by atoms with van der Waals surface area (Å²) in [5.74, 6) is 3.11. The van der Waals surface area contributed by atoms with E-state index in [1.54, 1.807) is 18.2 Å². The Bertz CT molecular complexity index is 998. The number of nitrogen functional groups attached to an aromatic ring is 2. The van der Waals surface area contributed by atoms with Crippen LogP contribution in [0.3, 0.4) is 0 Å². The van der Waals surface area contributed by atoms with Crippen molar-refractivity contribution in [3.05, 3.63) is 72.3 Å². The third kappa shape index (κ3) is 6.79. The van der Waals surface area contributed by atoms with E-state index in [4.69, 9.17) is 16.2 Å². The van der Waals surface area contributed by atoms with Crippen LogP contribution in [0.25, 0.3) is 11.1 Å². The van der Waals surface area contributed by atoms with Crippen LogP contribution in [0.4, 0.5) is 11.4 Å². The average molecular weight is 457 g/mol. The van der Waals surface area contributed by atoms with E-state index < -0.39 is 0 Å². The fraction of sp³-hybridized carbons (Fsp3) is 0.419. The van der Waals surface area contributed by atoms with Crippen molar-refractivity contribution < 1.29 is 4.74 Å². The summed E-state index contributed by atoms with van der Waals surface area (Å²) in [5, 5.41) is 0. The standard InChI is InChI=1S/C31H40N2O/c1-2-3-4-5-6-7-23-8-10-24(11-9-23)25-12-14-26(15-13-25)27-16-18-30(19-17-27)34-31-21-28(32)20-29(33)22-31/h12-24H,2-11,32-33H2,1H3. The minimum atomic E-state index is 0.600. The molecule has 0 aromatic heterocycles. The second-order valence-corrected chi connectivity index (χ2v) is 10.0. The second kappa shape index (κ2) is 12.0. The first-order valence-corrected chi connectivity index (χ1v) is 13.1. The van der Waals surface area contributed by atoms with Gasteiger partial charge in [0.25, 0.3) is 0 Å². The van der Waals surface area contributed by atoms with Gasteiger partial charge in [0.15, 0.2) is 0 Å². The number of ether oxygens (including phenoxy) is 1. The van der Waals surface area contributed by atoms with Crippen LogP contribution >= 0.6 is 0 Å². The molecule has 0 saturated heterocycles. The molecular formula is C31H40N2O. The normalized spacial score (nSPS) is 18.0. The highest BCUT2D eigenvalue weighted by Gasteiger charge is 2.22. The predicted octanol–water partition coefficient (Wildman–Crippen LogP) is 8.94. The molecule has 34 heavy (non-hydrogen) atoms. The lowest BCUT2D eigenvalue weighted by atomic mass is 9.77. The smallest absolute Gasteiger partial charge is 0.131 e. The van der Waals surface area contributed by atoms with Crippen LogP contribution in [0.2, 0.25) is 0 Å². The molecule has 1 fully saturated rings. The van der Waals surface area contributed by atoms with Crippen molar-refractivity contribution >= 4 is 11.4 Å². The van der Waals surface area contributed by atoms with Crippen molar-refractivity contribution in [2.75, 3.05) is 11.5 Å². The van der Waals surface area contributed by atoms with Crippen LogP contribution in [-0.4, -0.2) is 0 Å². The molecule has 0 unspecified atom stereocenters. The van der Waals surface area contributed by atoms with Gasteiger partial charge in [-0.3, -0.25) is 0 Å². The average Bonchev–Trinajstić information content (AvgIpc) is 2.84. The van der Waals surface area contributed by atoms with Crippen molar-refractivity contribution in [1.82, 2.24) is 0 Å². The Balaban J connectivity index is 1.28. The lowest BCUT2D eigenvalue weighted by Crippen LogP contribution is -2.13. The largest absolute Gasteiger partial charge is 0.457 e. The predicted molar refractivity (Wildman–Crippen MR) is 145 cm³/mol. The van der Waals surface area contributed by atoms with Crippen LogP contribution in [0.1, 0.15) is 82.6 Å². The summed E-state index contributed by atoms with van der Waals surface area (Å²) >= 11 is 0. The molecule has 0 bridgehead atoms. The van der Waals surface area contributed by atoms with E-state index in [-0.39, 0.29) is 0 Å². The van der Waals surface area contributed by atoms with Crippen LogP contribution < -0.4 is 16.2 Å². The Morgan fingerprint density at radius 2 is 1.26 bits per heavy atom. The number of benzene rings is 3. The molecular weight excluding hydrogens is 416 g/mol. The van der Waals surface area contributed by atoms with Gasteiger partial charge in [0.2, 0.25) is 0 Å². The van der Waals surface area contributed by atoms with Crippen LogP contribution in [-0.2, 0) is 0 Å². The third-order valence-electron chi connectivity index (χ3n) is 7.32. The molecule has 1 saturated carbocycles. The molecule has 0 aliphatic heterocycles. The van der Waals surface area contributed by atoms with Crippen molar-refractivity contribution in [3.63, 3.8) is 0 Å². The summed E-state index contributed by atoms with van der Waals surface area (Å²) < 4.78 is 5.92. The first-order valence-electron chi connectivity index (χ1n) is 13.1. The van der Waals surface area contributed by atoms with Gasteiger partial charge >= 0.3 is 0 Å². The number of unbranched alkanes of at least 4 members (excludes halogenated alkanes) is 4. The van der Waals surface area contributed by atoms with Gasteiger partial charge in [0.1, 0.15) is 11.5 Å². The minimum absolute atomic E-state index is 0.600. The third-order valence-corrected chi connectivity index (χ3v) is 7.32. The van der Waals surface area contributed by atoms with E-state index in [9.17, 15) is 0 Å². The summed E-state index contributed by atoms with van der Waals surface area (Å²) in [6, 6.07) is 22.7. The molecule has 0 spiro atoms. The summed E-state index contributed by atoms with van der Waals surface area (Å²) in [6.45, 7) is 2.29. The Morgan fingerprint density at radius 1 is 0.676 bits per heavy atom. The number of hydrogen-bond donors (Lipinski definition) is 2. The summed E-state index contributed by atoms with van der Waals surface area (Å²) in [6.07, 6.45) is 14.0. The van der Waals surface area contributed by atoms with E-state index in [0.717, 1.165) is 17.6 Å². The highest BCUT2D eigenvalue weighted by molar-refractivity contribution is 5.65. The fourth-order valence-corrected chi connectivity index (χ4v) is 5.33. The zero-order valence-electron chi connectivity index (χ0n) is 20.6. The van der Waals surface area contributed by atoms with E-state index in [1.807, 2.05) is 12.1 Å². The second-order valence-electron chi connectivity index (χ2n) is 10.0. The first kappa shape index (κ1) is 24.2. The summed E-state index contributed by atoms with van der Waals surface area (Å²) in [7, 11) is 0. The van der Waals surface area contributed by atoms with Crippen molar-refractivity contribution in [2.24, 2.45) is 5.92 Å². The number of hydrogen-bond acceptors (Lipinski definition) is 3. The van der Waals surface area contributed by atoms with Crippen LogP contribution in [0.5, 0.6) is 11.5 Å². The quantitative estimate of drug-likeness (QED) is 0.236. The van der Waals surface area contributed by atoms with Crippen molar-refractivity contribution in [3.8, 4) is 22.6 Å². The number of anilines is 2. The molecule has 3 heteroatoms. The van der Waals surface area contributed by atoms with Gasteiger partial charge in [-0.25, -0.2) is 0 Å². The van der Waals surface area contributed by atoms with Gasteiger partial charge in [-0.05, 0) is 72.4 Å². The lowest BCUT2D eigenvalue weighted by molar-refractivity contribution is 0.302. The monoisotopic (exact) mass is 456 g/mol. The van der Waals surface area contributed by atoms with Crippen LogP contribution in [0.15, 0.2) is 66.7 Å². The molecule has 0 radical (unpaired) electrons. The Hall–Kier alpha value is -2.94. The molecule has 4 rings (SSSR count). The maximum absolute atomic E-state index is 5.92. The van der Waals surface area contributed by atoms with Gasteiger partial charge in [-0.1, -0.05) is 81.8 Å². The maximum Gasteiger partial charge on any atom is 0.131 e. The number of nitrogens with two attached hydrogens (primary N) is 2. The summed E-state index contributed by atoms with van der Waals surface area (Å²) in [4.78, 5) is 0. The first-order chi connectivity index (χ1) is 16.6. The topological polar surface area (TPSA) is 61.3 Å². The van der Waals surface area contributed by atoms with Gasteiger partial charge in [-0.15, -0.1) is 0 Å². The maximum atomic E-state index is 5.92. The van der Waals surface area contributed by atoms with Gasteiger partial charge in [0.05, 0.1) is 0 Å². The highest BCUT2D eigenvalue weighted by atomic mass is 16.5. The SMILES string of the molecule is CCCCCCCC1CCC(c2ccc(-c3ccc(Oc4cc(N)cc(N)c4)cc3)cc2)CC1. The molecule has 3 aromatic carbocycles. The molecule has 1 aliphatic rings. The molecule has 0 heterocycles. The Morgan fingerprint density at radius 3 is 1.88 bits per heavy atom. The number of rotatable bonds is 10. The Kier molecular flexibility index (Phi) is 8.51. The molecule has 3 aromatic rings. The summed E-state index contributed by atoms with van der Waals surface area (Å²) in [5.41, 5.74) is 16.9. The highest BCUT2D eigenvalue weighted by Crippen LogP contribution is 2.38. The van der Waals surface area contributed by atoms with Gasteiger partial charge in [-0.2, -0.15) is 0 Å². The molecule has 3 nitrogen and oxygen atoms in total. The zero-order chi connectivity index (χ0) is 23.8. The molecule has 0 atom stereocenters. The molecule has 0 amide bonds. The lowest BCUT2D eigenvalue weighted by Gasteiger charge is -2.29. The molecule has 180 valence electrons. The zero-order valence-corrected chi connectivity index (χ0v) is 20.6. The van der Waals surface area contributed by atoms with E-state index >= 15 is 0 Å². The Labute approximate surface area is 205 Å². The fourth-order valence-electron chi connectivity index (χ4n) is 5.33. The van der Waals surface area contributed by atoms with Gasteiger partial charge in [0, 0.05) is 23.5 Å². The molecule has 4 N–H and O–H groups in total. The minimum Gasteiger partial charge on any atom is -0.457 e. The van der Waals surface area contributed by atoms with E-state index in [1.165, 1.54) is 80.9 Å². The van der Waals surface area contributed by atoms with E-state index in [2.05, 4.69) is 43.3 Å². The van der Waals surface area contributed by atoms with Crippen molar-refractivity contribution in [2.45, 2.75) is 77.0 Å². The van der Waals surface area contributed by atoms with Crippen molar-refractivity contribution in [1.29, 1.82) is 0 Å². The van der Waals surface area contributed by atoms with E-state index in [0.29, 0.717) is 17.1 Å². The van der Waals surface area contributed by atoms with Gasteiger partial charge < -0.3 is 16.2 Å².